The predicted octanol–water partition coefficient (Wildman–Crippen LogP) is 3.72. The third-order valence-corrected chi connectivity index (χ3v) is 3.85. The predicted molar refractivity (Wildman–Crippen MR) is 90.4 cm³/mol. The maximum atomic E-state index is 9.28. The van der Waals surface area contributed by atoms with Crippen LogP contribution < -0.4 is 10.2 Å². The Morgan fingerprint density at radius 2 is 2.00 bits per heavy atom. The van der Waals surface area contributed by atoms with Gasteiger partial charge in [-0.1, -0.05) is 29.8 Å². The Hall–Kier alpha value is -0.580. The van der Waals surface area contributed by atoms with Crippen LogP contribution in [0.4, 0.5) is 5.69 Å². The zero-order valence-corrected chi connectivity index (χ0v) is 14.4. The summed E-state index contributed by atoms with van der Waals surface area (Å²) < 4.78 is 1.10. The first kappa shape index (κ1) is 17.5. The quantitative estimate of drug-likeness (QED) is 0.717. The van der Waals surface area contributed by atoms with Gasteiger partial charge in [0.05, 0.1) is 6.61 Å². The summed E-state index contributed by atoms with van der Waals surface area (Å²) in [6, 6.07) is 6.71. The molecule has 0 aliphatic heterocycles. The zero-order chi connectivity index (χ0) is 15.0. The van der Waals surface area contributed by atoms with Gasteiger partial charge in [0.15, 0.2) is 0 Å². The highest BCUT2D eigenvalue weighted by molar-refractivity contribution is 9.10. The third kappa shape index (κ3) is 5.08. The van der Waals surface area contributed by atoms with E-state index in [2.05, 4.69) is 65.1 Å². The number of aliphatic hydroxyl groups excluding tert-OH is 1. The van der Waals surface area contributed by atoms with Crippen LogP contribution in [-0.4, -0.2) is 31.3 Å². The van der Waals surface area contributed by atoms with Crippen LogP contribution in [0.3, 0.4) is 0 Å². The molecule has 0 amide bonds. The molecular weight excluding hydrogens is 316 g/mol. The van der Waals surface area contributed by atoms with Crippen molar-refractivity contribution in [3.63, 3.8) is 0 Å². The van der Waals surface area contributed by atoms with Gasteiger partial charge in [-0.2, -0.15) is 0 Å². The van der Waals surface area contributed by atoms with Crippen LogP contribution in [-0.2, 0) is 0 Å². The van der Waals surface area contributed by atoms with Crippen molar-refractivity contribution in [3.8, 4) is 0 Å². The first-order valence-electron chi connectivity index (χ1n) is 7.52. The number of hydrogen-bond acceptors (Lipinski definition) is 3. The van der Waals surface area contributed by atoms with Crippen LogP contribution >= 0.6 is 15.9 Å². The molecule has 1 atom stereocenters. The number of hydrogen-bond donors (Lipinski definition) is 2. The number of benzene rings is 1. The van der Waals surface area contributed by atoms with Crippen LogP contribution in [0.1, 0.15) is 45.2 Å². The van der Waals surface area contributed by atoms with E-state index in [1.54, 1.807) is 0 Å². The van der Waals surface area contributed by atoms with Gasteiger partial charge in [-0.05, 0) is 50.1 Å². The molecule has 0 radical (unpaired) electrons. The second-order valence-electron chi connectivity index (χ2n) is 5.09. The Balaban J connectivity index is 3.03. The molecule has 114 valence electrons. The first-order chi connectivity index (χ1) is 9.63. The van der Waals surface area contributed by atoms with E-state index in [1.807, 2.05) is 0 Å². The average Bonchev–Trinajstić information content (AvgIpc) is 2.44. The fourth-order valence-electron chi connectivity index (χ4n) is 2.37. The smallest absolute Gasteiger partial charge is 0.0606 e. The molecule has 1 aromatic carbocycles. The normalized spacial score (nSPS) is 12.4. The number of aliphatic hydroxyl groups is 1. The second kappa shape index (κ2) is 9.37. The van der Waals surface area contributed by atoms with E-state index in [-0.39, 0.29) is 6.61 Å². The molecule has 1 rings (SSSR count). The largest absolute Gasteiger partial charge is 0.395 e. The number of nitrogens with one attached hydrogen (secondary N) is 1. The van der Waals surface area contributed by atoms with Crippen molar-refractivity contribution in [2.75, 3.05) is 31.1 Å². The highest BCUT2D eigenvalue weighted by Crippen LogP contribution is 2.29. The first-order valence-corrected chi connectivity index (χ1v) is 8.31. The molecule has 0 aromatic heterocycles. The van der Waals surface area contributed by atoms with Gasteiger partial charge in [-0.15, -0.1) is 0 Å². The minimum atomic E-state index is 0.187. The molecule has 0 heterocycles. The van der Waals surface area contributed by atoms with E-state index in [0.717, 1.165) is 30.4 Å². The van der Waals surface area contributed by atoms with E-state index in [0.29, 0.717) is 12.6 Å². The lowest BCUT2D eigenvalue weighted by atomic mass is 10.0. The number of halogens is 1. The lowest BCUT2D eigenvalue weighted by Gasteiger charge is -2.28. The van der Waals surface area contributed by atoms with Crippen LogP contribution in [0.25, 0.3) is 0 Å². The molecule has 0 saturated heterocycles. The minimum Gasteiger partial charge on any atom is -0.395 e. The number of rotatable bonds is 9. The summed E-state index contributed by atoms with van der Waals surface area (Å²) in [5, 5.41) is 12.8. The Labute approximate surface area is 131 Å². The van der Waals surface area contributed by atoms with Gasteiger partial charge in [-0.3, -0.25) is 0 Å². The van der Waals surface area contributed by atoms with Crippen LogP contribution in [0.2, 0.25) is 0 Å². The summed E-state index contributed by atoms with van der Waals surface area (Å²) in [5.74, 6) is 0. The molecule has 2 N–H and O–H groups in total. The molecule has 20 heavy (non-hydrogen) atoms. The molecule has 0 spiro atoms. The Bertz CT molecular complexity index is 392. The topological polar surface area (TPSA) is 35.5 Å². The average molecular weight is 343 g/mol. The zero-order valence-electron chi connectivity index (χ0n) is 12.8. The van der Waals surface area contributed by atoms with Crippen molar-refractivity contribution < 1.29 is 5.11 Å². The summed E-state index contributed by atoms with van der Waals surface area (Å²) in [5.41, 5.74) is 2.51. The lowest BCUT2D eigenvalue weighted by molar-refractivity contribution is 0.301. The summed E-state index contributed by atoms with van der Waals surface area (Å²) in [4.78, 5) is 2.27. The van der Waals surface area contributed by atoms with Crippen molar-refractivity contribution in [2.45, 2.75) is 39.7 Å². The van der Waals surface area contributed by atoms with E-state index in [4.69, 9.17) is 0 Å². The van der Waals surface area contributed by atoms with Gasteiger partial charge >= 0.3 is 0 Å². The Morgan fingerprint density at radius 1 is 1.25 bits per heavy atom. The maximum absolute atomic E-state index is 9.28. The van der Waals surface area contributed by atoms with Gasteiger partial charge < -0.3 is 15.3 Å². The molecule has 0 bridgehead atoms. The highest BCUT2D eigenvalue weighted by atomic mass is 79.9. The SMILES string of the molecule is CCCNC(C)c1cc(Br)ccc1N(CCC)CCO. The van der Waals surface area contributed by atoms with Crippen molar-refractivity contribution in [1.29, 1.82) is 0 Å². The molecule has 1 aromatic rings. The van der Waals surface area contributed by atoms with E-state index in [9.17, 15) is 5.11 Å². The molecule has 0 aliphatic carbocycles. The molecule has 0 fully saturated rings. The Kier molecular flexibility index (Phi) is 8.19. The van der Waals surface area contributed by atoms with Gasteiger partial charge in [0.1, 0.15) is 0 Å². The molecule has 3 nitrogen and oxygen atoms in total. The second-order valence-corrected chi connectivity index (χ2v) is 6.01. The van der Waals surface area contributed by atoms with E-state index < -0.39 is 0 Å². The molecular formula is C16H27BrN2O. The molecule has 1 unspecified atom stereocenters. The van der Waals surface area contributed by atoms with Crippen molar-refractivity contribution in [3.05, 3.63) is 28.2 Å². The van der Waals surface area contributed by atoms with Crippen LogP contribution in [0, 0.1) is 0 Å². The van der Waals surface area contributed by atoms with E-state index in [1.165, 1.54) is 11.3 Å². The molecule has 0 saturated carbocycles. The van der Waals surface area contributed by atoms with Gasteiger partial charge in [0.2, 0.25) is 0 Å². The van der Waals surface area contributed by atoms with Crippen LogP contribution in [0.15, 0.2) is 22.7 Å². The van der Waals surface area contributed by atoms with Crippen molar-refractivity contribution in [2.24, 2.45) is 0 Å². The van der Waals surface area contributed by atoms with E-state index >= 15 is 0 Å². The third-order valence-electron chi connectivity index (χ3n) is 3.36. The fraction of sp³-hybridized carbons (Fsp3) is 0.625. The maximum Gasteiger partial charge on any atom is 0.0606 e. The number of anilines is 1. The summed E-state index contributed by atoms with van der Waals surface area (Å²) in [6.07, 6.45) is 2.20. The summed E-state index contributed by atoms with van der Waals surface area (Å²) >= 11 is 3.56. The molecule has 4 heteroatoms. The standard InChI is InChI=1S/C16H27BrN2O/c1-4-8-18-13(3)15-12-14(17)6-7-16(15)19(9-5-2)10-11-20/h6-7,12-13,18,20H,4-5,8-11H2,1-3H3. The minimum absolute atomic E-state index is 0.187. The highest BCUT2D eigenvalue weighted by Gasteiger charge is 2.15. The van der Waals surface area contributed by atoms with Crippen molar-refractivity contribution in [1.82, 2.24) is 5.32 Å². The Morgan fingerprint density at radius 3 is 2.60 bits per heavy atom. The van der Waals surface area contributed by atoms with Crippen molar-refractivity contribution >= 4 is 21.6 Å². The van der Waals surface area contributed by atoms with Gasteiger partial charge in [-0.25, -0.2) is 0 Å². The number of nitrogens with zero attached hydrogens (tertiary/aromatic N) is 1. The van der Waals surface area contributed by atoms with Gasteiger partial charge in [0.25, 0.3) is 0 Å². The monoisotopic (exact) mass is 342 g/mol. The summed E-state index contributed by atoms with van der Waals surface area (Å²) in [6.45, 7) is 9.40. The molecule has 0 aliphatic rings. The van der Waals surface area contributed by atoms with Crippen LogP contribution in [0.5, 0.6) is 0 Å². The lowest BCUT2D eigenvalue weighted by Crippen LogP contribution is -2.30. The summed E-state index contributed by atoms with van der Waals surface area (Å²) in [7, 11) is 0. The fourth-order valence-corrected chi connectivity index (χ4v) is 2.75. The van der Waals surface area contributed by atoms with Gasteiger partial charge in [0, 0.05) is 29.3 Å².